The number of hydrogen-bond acceptors (Lipinski definition) is 0. The van der Waals surface area contributed by atoms with Crippen LogP contribution in [0.5, 0.6) is 0 Å². The van der Waals surface area contributed by atoms with Crippen LogP contribution in [0, 0.1) is 66.4 Å². The largest absolute Gasteiger partial charge is 0.298 e. The molecule has 280 valence electrons. The van der Waals surface area contributed by atoms with E-state index >= 15 is 17.6 Å². The molecule has 0 nitrogen and oxygen atoms in total. The van der Waals surface area contributed by atoms with E-state index < -0.39 is 33.4 Å². The standard InChI is InChI=1S/C22H24BrF3.C22H23F3.BH.U/c1-2-5-14-8-10-16(11-9-14)21(23)13-18-17-7-4-3-6-15(17)12-19(24)20(18)22(21,25)26;1-2-5-14-8-10-15(11-9-14)19-13-18-17-7-4-3-6-16(17)12-20(23)21(18)22(19,24)25;;/h3-4,6-7,12,14,16H,2,5,8-11,13H2,1H3;3-4,6-7,12-15H,2,5,8-11H2,1H3;1H;/i;;1D;. The van der Waals surface area contributed by atoms with E-state index in [1.165, 1.54) is 25.0 Å². The van der Waals surface area contributed by atoms with Gasteiger partial charge in [-0.3, -0.25) is 0 Å². The molecule has 4 aromatic rings. The minimum atomic E-state index is -3.20. The van der Waals surface area contributed by atoms with Crippen LogP contribution in [-0.4, -0.2) is 14.0 Å². The number of hydrogen-bond donors (Lipinski definition) is 0. The molecule has 8 rings (SSSR count). The minimum absolute atomic E-state index is 0. The third-order valence-corrected chi connectivity index (χ3v) is 14.0. The van der Waals surface area contributed by atoms with Gasteiger partial charge in [0.25, 0.3) is 11.8 Å². The molecule has 0 aromatic heterocycles. The molecule has 9 heteroatoms. The van der Waals surface area contributed by atoms with Gasteiger partial charge >= 0.3 is 0 Å². The molecule has 4 aliphatic carbocycles. The van der Waals surface area contributed by atoms with Crippen LogP contribution in [0.2, 0.25) is 0 Å². The van der Waals surface area contributed by atoms with Crippen molar-refractivity contribution in [3.8, 4) is 0 Å². The maximum Gasteiger partial charge on any atom is 0.298 e. The summed E-state index contributed by atoms with van der Waals surface area (Å²) in [5.41, 5.74) is 0.192. The number of alkyl halides is 5. The van der Waals surface area contributed by atoms with Crippen molar-refractivity contribution < 1.29 is 57.5 Å². The van der Waals surface area contributed by atoms with E-state index in [2.05, 4.69) is 38.2 Å². The van der Waals surface area contributed by atoms with Crippen molar-refractivity contribution >= 4 is 51.9 Å². The van der Waals surface area contributed by atoms with Gasteiger partial charge in [-0.05, 0) is 121 Å². The van der Waals surface area contributed by atoms with Gasteiger partial charge in [0.05, 0.1) is 11.1 Å². The second-order valence-corrected chi connectivity index (χ2v) is 17.0. The fourth-order valence-electron chi connectivity index (χ4n) is 9.95. The fraction of sp³-hybridized carbons (Fsp3) is 0.500. The predicted molar refractivity (Wildman–Crippen MR) is 207 cm³/mol. The van der Waals surface area contributed by atoms with Crippen molar-refractivity contribution in [1.82, 2.24) is 0 Å². The van der Waals surface area contributed by atoms with Gasteiger partial charge in [-0.1, -0.05) is 117 Å². The fourth-order valence-corrected chi connectivity index (χ4v) is 10.9. The van der Waals surface area contributed by atoms with E-state index in [9.17, 15) is 8.78 Å². The van der Waals surface area contributed by atoms with Crippen LogP contribution in [-0.2, 0) is 18.3 Å². The SMILES string of the molecule is CCCC1CCC(C2(Br)Cc3c(c(F)cc4ccccc34)C2(F)F)CC1.CCCC1CCC(C2=Cc3c(c(F)cc4ccccc34)C2(F)F)CC1.[2H][B].[U]. The summed E-state index contributed by atoms with van der Waals surface area (Å²) in [6, 6.07) is 17.0. The monoisotopic (exact) mass is 1020 g/mol. The Balaban J connectivity index is 0.000000195. The maximum atomic E-state index is 15.5. The van der Waals surface area contributed by atoms with Crippen LogP contribution in [0.4, 0.5) is 26.3 Å². The molecule has 0 saturated heterocycles. The molecule has 1 atom stereocenters. The smallest absolute Gasteiger partial charge is 0.206 e. The Labute approximate surface area is 345 Å². The molecule has 0 aliphatic heterocycles. The third kappa shape index (κ3) is 7.60. The van der Waals surface area contributed by atoms with Crippen molar-refractivity contribution in [2.75, 3.05) is 0 Å². The molecule has 0 spiro atoms. The maximum absolute atomic E-state index is 15.5. The summed E-state index contributed by atoms with van der Waals surface area (Å²) in [6.07, 6.45) is 13.6. The summed E-state index contributed by atoms with van der Waals surface area (Å²) in [7, 11) is 3.75. The van der Waals surface area contributed by atoms with E-state index in [0.717, 1.165) is 69.6 Å². The first-order chi connectivity index (χ1) is 25.4. The zero-order valence-electron chi connectivity index (χ0n) is 31.6. The van der Waals surface area contributed by atoms with Gasteiger partial charge in [-0.25, -0.2) is 8.78 Å². The molecule has 2 saturated carbocycles. The van der Waals surface area contributed by atoms with Gasteiger partial charge in [0.2, 0.25) is 0 Å². The number of allylic oxidation sites excluding steroid dienone is 1. The predicted octanol–water partition coefficient (Wildman–Crippen LogP) is 13.8. The summed E-state index contributed by atoms with van der Waals surface area (Å²) in [5.74, 6) is -6.89. The van der Waals surface area contributed by atoms with Crippen molar-refractivity contribution in [1.29, 1.82) is 1.34 Å². The normalized spacial score (nSPS) is 26.9. The Kier molecular flexibility index (Phi) is 13.0. The van der Waals surface area contributed by atoms with E-state index in [0.29, 0.717) is 39.1 Å². The van der Waals surface area contributed by atoms with Crippen LogP contribution < -0.4 is 0 Å². The van der Waals surface area contributed by atoms with Gasteiger partial charge < -0.3 is 0 Å². The number of halogens is 7. The summed E-state index contributed by atoms with van der Waals surface area (Å²) < 4.78 is 94.3. The Morgan fingerprint density at radius 1 is 0.717 bits per heavy atom. The van der Waals surface area contributed by atoms with E-state index in [1.54, 1.807) is 30.3 Å². The van der Waals surface area contributed by atoms with Gasteiger partial charge in [0.15, 0.2) is 0 Å². The molecule has 2 radical (unpaired) electrons. The quantitative estimate of drug-likeness (QED) is 0.103. The van der Waals surface area contributed by atoms with Crippen LogP contribution >= 0.6 is 15.9 Å². The first-order valence-corrected chi connectivity index (χ1v) is 19.8. The molecule has 4 aromatic carbocycles. The van der Waals surface area contributed by atoms with Crippen LogP contribution in [0.1, 0.15) is 113 Å². The summed E-state index contributed by atoms with van der Waals surface area (Å²) in [6.45, 7) is 4.35. The van der Waals surface area contributed by atoms with Crippen molar-refractivity contribution in [2.24, 2.45) is 23.7 Å². The van der Waals surface area contributed by atoms with Crippen LogP contribution in [0.3, 0.4) is 0 Å². The third-order valence-electron chi connectivity index (χ3n) is 12.6. The average Bonchev–Trinajstić information content (AvgIpc) is 3.57. The van der Waals surface area contributed by atoms with Crippen molar-refractivity contribution in [2.45, 2.75) is 113 Å². The number of fused-ring (bicyclic) bond motifs is 6. The first kappa shape index (κ1) is 41.0. The summed E-state index contributed by atoms with van der Waals surface area (Å²) in [4.78, 5) is 0. The van der Waals surface area contributed by atoms with Crippen LogP contribution in [0.15, 0.2) is 66.2 Å². The topological polar surface area (TPSA) is 0 Å². The molecule has 0 amide bonds. The molecule has 53 heavy (non-hydrogen) atoms. The van der Waals surface area contributed by atoms with Gasteiger partial charge in [-0.2, -0.15) is 17.6 Å². The van der Waals surface area contributed by atoms with E-state index in [4.69, 9.17) is 1.34 Å². The van der Waals surface area contributed by atoms with Crippen LogP contribution in [0.25, 0.3) is 27.6 Å². The second kappa shape index (κ2) is 16.8. The Hall–Kier alpha value is -1.68. The molecule has 4 aliphatic rings. The molecule has 0 heterocycles. The molecule has 0 bridgehead atoms. The Morgan fingerprint density at radius 2 is 1.21 bits per heavy atom. The van der Waals surface area contributed by atoms with Gasteiger partial charge in [0, 0.05) is 45.1 Å². The number of benzene rings is 4. The molecule has 0 N–H and O–H groups in total. The Bertz CT molecular complexity index is 1950. The molecular weight excluding hydrogens is 971 g/mol. The molecule has 1 unspecified atom stereocenters. The molecular formula is C44H48BBrF6U. The summed E-state index contributed by atoms with van der Waals surface area (Å²) >= 11 is 3.47. The van der Waals surface area contributed by atoms with Crippen molar-refractivity contribution in [3.63, 3.8) is 0 Å². The van der Waals surface area contributed by atoms with Gasteiger partial charge in [-0.15, -0.1) is 0 Å². The summed E-state index contributed by atoms with van der Waals surface area (Å²) in [5, 5.41) is 2.85. The zero-order valence-corrected chi connectivity index (χ0v) is 36.3. The van der Waals surface area contributed by atoms with Crippen molar-refractivity contribution in [3.05, 3.63) is 100 Å². The zero-order chi connectivity index (χ0) is 38.1. The van der Waals surface area contributed by atoms with E-state index in [1.807, 2.05) is 24.3 Å². The minimum Gasteiger partial charge on any atom is -0.206 e. The average molecular weight is 1020 g/mol. The Morgan fingerprint density at radius 3 is 1.77 bits per heavy atom. The van der Waals surface area contributed by atoms with E-state index in [-0.39, 0.29) is 60.5 Å². The first-order valence-electron chi connectivity index (χ1n) is 19.6. The molecule has 2 fully saturated rings. The van der Waals surface area contributed by atoms with Gasteiger partial charge in [0.1, 0.15) is 16.0 Å². The second-order valence-electron chi connectivity index (χ2n) is 15.6. The number of rotatable bonds is 6.